The highest BCUT2D eigenvalue weighted by atomic mass is 32.2. The molecule has 2 heterocycles. The van der Waals surface area contributed by atoms with Gasteiger partial charge in [0.05, 0.1) is 6.54 Å². The van der Waals surface area contributed by atoms with Crippen LogP contribution in [-0.2, 0) is 16.6 Å². The van der Waals surface area contributed by atoms with Gasteiger partial charge in [-0.05, 0) is 13.8 Å². The number of nitrogens with one attached hydrogen (secondary N) is 2. The quantitative estimate of drug-likeness (QED) is 0.757. The number of hydrogen-bond acceptors (Lipinski definition) is 4. The van der Waals surface area contributed by atoms with Gasteiger partial charge in [-0.1, -0.05) is 0 Å². The molecule has 0 amide bonds. The van der Waals surface area contributed by atoms with Gasteiger partial charge in [0.1, 0.15) is 16.4 Å². The molecule has 0 aliphatic carbocycles. The van der Waals surface area contributed by atoms with Crippen LogP contribution in [0.2, 0.25) is 0 Å². The van der Waals surface area contributed by atoms with E-state index in [2.05, 4.69) is 15.0 Å². The van der Waals surface area contributed by atoms with Crippen molar-refractivity contribution in [2.24, 2.45) is 0 Å². The van der Waals surface area contributed by atoms with E-state index < -0.39 is 16.0 Å². The summed E-state index contributed by atoms with van der Waals surface area (Å²) in [6.45, 7) is 3.08. The Morgan fingerprint density at radius 2 is 2.10 bits per heavy atom. The zero-order chi connectivity index (χ0) is 15.8. The average Bonchev–Trinajstić information content (AvgIpc) is 2.97. The van der Waals surface area contributed by atoms with Gasteiger partial charge >= 0.3 is 5.97 Å². The number of carboxylic acid groups (broad SMARTS) is 1. The molecule has 0 aromatic carbocycles. The Bertz CT molecular complexity index is 762. The first kappa shape index (κ1) is 15.3. The van der Waals surface area contributed by atoms with E-state index in [9.17, 15) is 13.2 Å². The third-order valence-electron chi connectivity index (χ3n) is 3.18. The zero-order valence-corrected chi connectivity index (χ0v) is 12.7. The highest BCUT2D eigenvalue weighted by Crippen LogP contribution is 2.26. The number of imidazole rings is 1. The Labute approximate surface area is 121 Å². The first-order valence-electron chi connectivity index (χ1n) is 6.12. The monoisotopic (exact) mass is 312 g/mol. The lowest BCUT2D eigenvalue weighted by Gasteiger charge is -2.16. The number of aromatic carboxylic acids is 1. The van der Waals surface area contributed by atoms with Crippen molar-refractivity contribution in [3.05, 3.63) is 35.2 Å². The van der Waals surface area contributed by atoms with Gasteiger partial charge in [-0.25, -0.2) is 18.2 Å². The van der Waals surface area contributed by atoms with Crippen molar-refractivity contribution < 1.29 is 18.3 Å². The van der Waals surface area contributed by atoms with Crippen molar-refractivity contribution in [2.45, 2.75) is 25.3 Å². The Kier molecular flexibility index (Phi) is 3.88. The van der Waals surface area contributed by atoms with Crippen LogP contribution in [0.3, 0.4) is 0 Å². The van der Waals surface area contributed by atoms with E-state index in [1.165, 1.54) is 27.1 Å². The van der Waals surface area contributed by atoms with Gasteiger partial charge in [0.15, 0.2) is 0 Å². The van der Waals surface area contributed by atoms with Crippen molar-refractivity contribution in [1.29, 1.82) is 0 Å². The molecule has 114 valence electrons. The summed E-state index contributed by atoms with van der Waals surface area (Å²) in [7, 11) is -2.39. The molecule has 0 aliphatic heterocycles. The van der Waals surface area contributed by atoms with Gasteiger partial charge in [-0.2, -0.15) is 4.31 Å². The summed E-state index contributed by atoms with van der Waals surface area (Å²) in [6.07, 6.45) is 3.14. The maximum atomic E-state index is 12.6. The molecule has 2 rings (SSSR count). The summed E-state index contributed by atoms with van der Waals surface area (Å²) in [5.41, 5.74) is 0.389. The van der Waals surface area contributed by atoms with E-state index in [0.717, 1.165) is 4.31 Å². The van der Waals surface area contributed by atoms with E-state index >= 15 is 0 Å². The third kappa shape index (κ3) is 2.69. The summed E-state index contributed by atoms with van der Waals surface area (Å²) >= 11 is 0. The molecule has 0 aliphatic rings. The molecule has 0 saturated carbocycles. The molecule has 2 aromatic rings. The van der Waals surface area contributed by atoms with E-state index in [0.29, 0.717) is 11.5 Å². The number of hydrogen-bond donors (Lipinski definition) is 3. The predicted octanol–water partition coefficient (Wildman–Crippen LogP) is 0.874. The van der Waals surface area contributed by atoms with Gasteiger partial charge in [0.25, 0.3) is 0 Å². The number of aromatic nitrogens is 3. The number of H-pyrrole nitrogens is 2. The zero-order valence-electron chi connectivity index (χ0n) is 11.8. The summed E-state index contributed by atoms with van der Waals surface area (Å²) in [5, 5.41) is 9.06. The molecule has 21 heavy (non-hydrogen) atoms. The summed E-state index contributed by atoms with van der Waals surface area (Å²) in [5.74, 6) is -0.684. The normalized spacial score (nSPS) is 12.0. The largest absolute Gasteiger partial charge is 0.477 e. The topological polar surface area (TPSA) is 119 Å². The van der Waals surface area contributed by atoms with Crippen LogP contribution in [0.1, 0.15) is 27.6 Å². The van der Waals surface area contributed by atoms with Gasteiger partial charge in [0.2, 0.25) is 10.0 Å². The van der Waals surface area contributed by atoms with Crippen LogP contribution in [0.15, 0.2) is 17.3 Å². The smallest absolute Gasteiger partial charge is 0.352 e. The Balaban J connectivity index is 2.42. The summed E-state index contributed by atoms with van der Waals surface area (Å²) in [6, 6.07) is 0. The third-order valence-corrected chi connectivity index (χ3v) is 5.26. The standard InChI is InChI=1S/C12H16N4O4S/c1-7-10(12(17)18)15-8(2)11(7)21(19,20)16(3)6-9-13-4-5-14-9/h4-5,15H,6H2,1-3H3,(H,13,14)(H,17,18). The first-order valence-corrected chi connectivity index (χ1v) is 7.56. The number of carboxylic acids is 1. The second-order valence-electron chi connectivity index (χ2n) is 4.68. The molecule has 0 spiro atoms. The minimum atomic E-state index is -3.81. The fourth-order valence-electron chi connectivity index (χ4n) is 2.17. The van der Waals surface area contributed by atoms with E-state index in [4.69, 9.17) is 5.11 Å². The van der Waals surface area contributed by atoms with Gasteiger partial charge in [0, 0.05) is 30.7 Å². The number of carbonyl (C=O) groups is 1. The minimum absolute atomic E-state index is 0.00560. The lowest BCUT2D eigenvalue weighted by molar-refractivity contribution is 0.0690. The Hall–Kier alpha value is -2.13. The Morgan fingerprint density at radius 3 is 2.57 bits per heavy atom. The van der Waals surface area contributed by atoms with E-state index in [-0.39, 0.29) is 22.7 Å². The lowest BCUT2D eigenvalue weighted by Crippen LogP contribution is -2.27. The molecule has 3 N–H and O–H groups in total. The first-order chi connectivity index (χ1) is 9.75. The SMILES string of the molecule is Cc1[nH]c(C(=O)O)c(C)c1S(=O)(=O)N(C)Cc1ncc[nH]1. The molecule has 9 heteroatoms. The van der Waals surface area contributed by atoms with Crippen molar-refractivity contribution in [3.8, 4) is 0 Å². The highest BCUT2D eigenvalue weighted by Gasteiger charge is 2.30. The van der Waals surface area contributed by atoms with Gasteiger partial charge in [-0.15, -0.1) is 0 Å². The molecule has 0 radical (unpaired) electrons. The molecule has 8 nitrogen and oxygen atoms in total. The van der Waals surface area contributed by atoms with Crippen molar-refractivity contribution in [1.82, 2.24) is 19.3 Å². The van der Waals surface area contributed by atoms with Crippen LogP contribution < -0.4 is 0 Å². The molecule has 0 fully saturated rings. The fraction of sp³-hybridized carbons (Fsp3) is 0.333. The van der Waals surface area contributed by atoms with Gasteiger partial charge in [-0.3, -0.25) is 0 Å². The van der Waals surface area contributed by atoms with Crippen LogP contribution in [0.25, 0.3) is 0 Å². The number of sulfonamides is 1. The summed E-state index contributed by atoms with van der Waals surface area (Å²) < 4.78 is 26.3. The van der Waals surface area contributed by atoms with Crippen LogP contribution in [0, 0.1) is 13.8 Å². The number of rotatable bonds is 5. The molecule has 2 aromatic heterocycles. The van der Waals surface area contributed by atoms with Crippen molar-refractivity contribution in [2.75, 3.05) is 7.05 Å². The predicted molar refractivity (Wildman–Crippen MR) is 74.5 cm³/mol. The van der Waals surface area contributed by atoms with Crippen LogP contribution in [0.5, 0.6) is 0 Å². The molecule has 0 bridgehead atoms. The van der Waals surface area contributed by atoms with Crippen molar-refractivity contribution >= 4 is 16.0 Å². The van der Waals surface area contributed by atoms with Crippen LogP contribution in [-0.4, -0.2) is 45.8 Å². The fourth-order valence-corrected chi connectivity index (χ4v) is 3.70. The number of aromatic amines is 2. The minimum Gasteiger partial charge on any atom is -0.477 e. The van der Waals surface area contributed by atoms with Gasteiger partial charge < -0.3 is 15.1 Å². The Morgan fingerprint density at radius 1 is 1.43 bits per heavy atom. The maximum Gasteiger partial charge on any atom is 0.352 e. The van der Waals surface area contributed by atoms with Crippen LogP contribution in [0.4, 0.5) is 0 Å². The van der Waals surface area contributed by atoms with E-state index in [1.807, 2.05) is 0 Å². The summed E-state index contributed by atoms with van der Waals surface area (Å²) in [4.78, 5) is 20.5. The maximum absolute atomic E-state index is 12.6. The van der Waals surface area contributed by atoms with Crippen LogP contribution >= 0.6 is 0 Å². The molecular formula is C12H16N4O4S. The van der Waals surface area contributed by atoms with Crippen molar-refractivity contribution in [3.63, 3.8) is 0 Å². The van der Waals surface area contributed by atoms with E-state index in [1.54, 1.807) is 6.20 Å². The lowest BCUT2D eigenvalue weighted by atomic mass is 10.2. The number of aryl methyl sites for hydroxylation is 1. The second-order valence-corrected chi connectivity index (χ2v) is 6.66. The second kappa shape index (κ2) is 5.34. The molecule has 0 unspecified atom stereocenters. The highest BCUT2D eigenvalue weighted by molar-refractivity contribution is 7.89. The molecule has 0 atom stereocenters. The molecular weight excluding hydrogens is 296 g/mol. The average molecular weight is 312 g/mol. The number of nitrogens with zero attached hydrogens (tertiary/aromatic N) is 2. The molecule has 0 saturated heterocycles.